The first kappa shape index (κ1) is 11.8. The summed E-state index contributed by atoms with van der Waals surface area (Å²) >= 11 is 0. The first-order valence-corrected chi connectivity index (χ1v) is 5.17. The Balaban J connectivity index is 3.07. The summed E-state index contributed by atoms with van der Waals surface area (Å²) in [6.45, 7) is 8.13. The van der Waals surface area contributed by atoms with Crippen molar-refractivity contribution in [1.29, 1.82) is 0 Å². The van der Waals surface area contributed by atoms with Gasteiger partial charge in [-0.05, 0) is 24.8 Å². The van der Waals surface area contributed by atoms with Crippen LogP contribution in [0.2, 0.25) is 0 Å². The van der Waals surface area contributed by atoms with E-state index in [4.69, 9.17) is 5.73 Å². The maximum Gasteiger partial charge on any atom is 0.228 e. The van der Waals surface area contributed by atoms with Crippen molar-refractivity contribution in [2.45, 2.75) is 25.7 Å². The van der Waals surface area contributed by atoms with E-state index in [0.29, 0.717) is 12.3 Å². The SMILES string of the molecule is [CH2]C(CC(C)C)(C(N)=O)c1ccccc1. The number of carbonyl (C=O) groups excluding carboxylic acids is 1. The topological polar surface area (TPSA) is 43.1 Å². The Hall–Kier alpha value is -1.31. The highest BCUT2D eigenvalue weighted by molar-refractivity contribution is 5.87. The van der Waals surface area contributed by atoms with Gasteiger partial charge in [-0.15, -0.1) is 0 Å². The molecule has 1 amide bonds. The zero-order chi connectivity index (χ0) is 11.5. The zero-order valence-corrected chi connectivity index (χ0v) is 9.36. The molecule has 2 heteroatoms. The van der Waals surface area contributed by atoms with E-state index < -0.39 is 5.41 Å². The van der Waals surface area contributed by atoms with Crippen LogP contribution >= 0.6 is 0 Å². The number of nitrogens with two attached hydrogens (primary N) is 1. The molecule has 0 spiro atoms. The fraction of sp³-hybridized carbons (Fsp3) is 0.385. The van der Waals surface area contributed by atoms with Gasteiger partial charge in [-0.2, -0.15) is 0 Å². The number of benzene rings is 1. The average molecular weight is 204 g/mol. The summed E-state index contributed by atoms with van der Waals surface area (Å²) in [5.74, 6) is 0.0256. The fourth-order valence-electron chi connectivity index (χ4n) is 1.81. The van der Waals surface area contributed by atoms with E-state index >= 15 is 0 Å². The second-order valence-electron chi connectivity index (χ2n) is 4.41. The highest BCUT2D eigenvalue weighted by Crippen LogP contribution is 2.30. The van der Waals surface area contributed by atoms with Crippen molar-refractivity contribution in [3.05, 3.63) is 42.8 Å². The van der Waals surface area contributed by atoms with E-state index in [1.807, 2.05) is 30.3 Å². The lowest BCUT2D eigenvalue weighted by molar-refractivity contribution is -0.122. The molecule has 1 aromatic rings. The van der Waals surface area contributed by atoms with Crippen molar-refractivity contribution >= 4 is 5.91 Å². The molecule has 0 saturated heterocycles. The maximum absolute atomic E-state index is 11.5. The fourth-order valence-corrected chi connectivity index (χ4v) is 1.81. The minimum atomic E-state index is -0.796. The van der Waals surface area contributed by atoms with Crippen LogP contribution in [0.3, 0.4) is 0 Å². The molecule has 1 rings (SSSR count). The minimum absolute atomic E-state index is 0.359. The quantitative estimate of drug-likeness (QED) is 0.803. The third-order valence-electron chi connectivity index (χ3n) is 2.55. The molecule has 2 N–H and O–H groups in total. The first-order chi connectivity index (χ1) is 6.97. The molecular formula is C13H18NO. The van der Waals surface area contributed by atoms with E-state index in [1.54, 1.807) is 0 Å². The van der Waals surface area contributed by atoms with Crippen LogP contribution in [0.15, 0.2) is 30.3 Å². The van der Waals surface area contributed by atoms with Crippen molar-refractivity contribution in [2.75, 3.05) is 0 Å². The summed E-state index contributed by atoms with van der Waals surface area (Å²) in [4.78, 5) is 11.5. The van der Waals surface area contributed by atoms with Crippen LogP contribution in [0.5, 0.6) is 0 Å². The summed E-state index contributed by atoms with van der Waals surface area (Å²) in [7, 11) is 0. The standard InChI is InChI=1S/C13H18NO/c1-10(2)9-13(3,12(14)15)11-7-5-4-6-8-11/h4-8,10H,3,9H2,1-2H3,(H2,14,15). The third-order valence-corrected chi connectivity index (χ3v) is 2.55. The van der Waals surface area contributed by atoms with E-state index in [2.05, 4.69) is 20.8 Å². The number of rotatable bonds is 4. The number of primary amides is 1. The van der Waals surface area contributed by atoms with Gasteiger partial charge in [-0.25, -0.2) is 0 Å². The van der Waals surface area contributed by atoms with Crippen LogP contribution in [-0.4, -0.2) is 5.91 Å². The van der Waals surface area contributed by atoms with Gasteiger partial charge in [0, 0.05) is 0 Å². The van der Waals surface area contributed by atoms with Crippen LogP contribution in [0.25, 0.3) is 0 Å². The largest absolute Gasteiger partial charge is 0.369 e. The molecular weight excluding hydrogens is 186 g/mol. The molecule has 1 atom stereocenters. The lowest BCUT2D eigenvalue weighted by Crippen LogP contribution is -2.39. The van der Waals surface area contributed by atoms with Gasteiger partial charge in [0.15, 0.2) is 0 Å². The first-order valence-electron chi connectivity index (χ1n) is 5.17. The minimum Gasteiger partial charge on any atom is -0.369 e. The lowest BCUT2D eigenvalue weighted by atomic mass is 9.75. The van der Waals surface area contributed by atoms with Gasteiger partial charge < -0.3 is 5.73 Å². The molecule has 0 aromatic heterocycles. The normalized spacial score (nSPS) is 14.9. The Bertz CT molecular complexity index is 332. The summed E-state index contributed by atoms with van der Waals surface area (Å²) < 4.78 is 0. The lowest BCUT2D eigenvalue weighted by Gasteiger charge is -2.28. The van der Waals surface area contributed by atoms with E-state index in [-0.39, 0.29) is 5.91 Å². The van der Waals surface area contributed by atoms with Crippen LogP contribution < -0.4 is 5.73 Å². The van der Waals surface area contributed by atoms with Crippen molar-refractivity contribution in [2.24, 2.45) is 11.7 Å². The second kappa shape index (κ2) is 4.47. The van der Waals surface area contributed by atoms with Gasteiger partial charge >= 0.3 is 0 Å². The summed E-state index contributed by atoms with van der Waals surface area (Å²) in [5.41, 5.74) is 5.55. The third kappa shape index (κ3) is 2.58. The number of amides is 1. The van der Waals surface area contributed by atoms with Gasteiger partial charge in [0.05, 0.1) is 5.41 Å². The number of hydrogen-bond acceptors (Lipinski definition) is 1. The van der Waals surface area contributed by atoms with Crippen molar-refractivity contribution in [3.8, 4) is 0 Å². The Morgan fingerprint density at radius 3 is 2.33 bits per heavy atom. The van der Waals surface area contributed by atoms with E-state index in [0.717, 1.165) is 5.56 Å². The molecule has 0 aliphatic heterocycles. The van der Waals surface area contributed by atoms with Crippen molar-refractivity contribution in [1.82, 2.24) is 0 Å². The molecule has 0 fully saturated rings. The second-order valence-corrected chi connectivity index (χ2v) is 4.41. The van der Waals surface area contributed by atoms with Gasteiger partial charge in [0.2, 0.25) is 5.91 Å². The zero-order valence-electron chi connectivity index (χ0n) is 9.36. The Morgan fingerprint density at radius 2 is 1.93 bits per heavy atom. The van der Waals surface area contributed by atoms with Gasteiger partial charge in [-0.3, -0.25) is 4.79 Å². The van der Waals surface area contributed by atoms with Crippen molar-refractivity contribution < 1.29 is 4.79 Å². The molecule has 15 heavy (non-hydrogen) atoms. The molecule has 1 unspecified atom stereocenters. The van der Waals surface area contributed by atoms with E-state index in [9.17, 15) is 4.79 Å². The van der Waals surface area contributed by atoms with Gasteiger partial charge in [0.25, 0.3) is 0 Å². The average Bonchev–Trinajstić information content (AvgIpc) is 2.17. The van der Waals surface area contributed by atoms with E-state index in [1.165, 1.54) is 0 Å². The summed E-state index contributed by atoms with van der Waals surface area (Å²) in [6.07, 6.45) is 0.673. The Morgan fingerprint density at radius 1 is 1.40 bits per heavy atom. The predicted octanol–water partition coefficient (Wildman–Crippen LogP) is 2.29. The number of hydrogen-bond donors (Lipinski definition) is 1. The molecule has 81 valence electrons. The summed E-state index contributed by atoms with van der Waals surface area (Å²) in [5, 5.41) is 0. The molecule has 1 radical (unpaired) electrons. The molecule has 0 heterocycles. The Labute approximate surface area is 91.5 Å². The monoisotopic (exact) mass is 204 g/mol. The molecule has 2 nitrogen and oxygen atoms in total. The molecule has 0 aliphatic rings. The maximum atomic E-state index is 11.5. The smallest absolute Gasteiger partial charge is 0.228 e. The van der Waals surface area contributed by atoms with Crippen LogP contribution in [0, 0.1) is 12.8 Å². The molecule has 0 saturated carbocycles. The van der Waals surface area contributed by atoms with Crippen LogP contribution in [0.1, 0.15) is 25.8 Å². The summed E-state index contributed by atoms with van der Waals surface area (Å²) in [6, 6.07) is 9.53. The van der Waals surface area contributed by atoms with Gasteiger partial charge in [-0.1, -0.05) is 44.2 Å². The predicted molar refractivity (Wildman–Crippen MR) is 62.1 cm³/mol. The number of carbonyl (C=O) groups is 1. The molecule has 1 aromatic carbocycles. The Kier molecular flexibility index (Phi) is 3.51. The van der Waals surface area contributed by atoms with Crippen LogP contribution in [0.4, 0.5) is 0 Å². The molecule has 0 aliphatic carbocycles. The van der Waals surface area contributed by atoms with Gasteiger partial charge in [0.1, 0.15) is 0 Å². The molecule has 0 bridgehead atoms. The van der Waals surface area contributed by atoms with Crippen LogP contribution in [-0.2, 0) is 10.2 Å². The van der Waals surface area contributed by atoms with Crippen molar-refractivity contribution in [3.63, 3.8) is 0 Å². The highest BCUT2D eigenvalue weighted by atomic mass is 16.1. The highest BCUT2D eigenvalue weighted by Gasteiger charge is 2.33.